The smallest absolute Gasteiger partial charge is 0.123 e. The fourth-order valence-electron chi connectivity index (χ4n) is 2.39. The summed E-state index contributed by atoms with van der Waals surface area (Å²) in [6.45, 7) is 2.22. The van der Waals surface area contributed by atoms with Crippen molar-refractivity contribution in [3.05, 3.63) is 34.1 Å². The Balaban J connectivity index is 2.17. The second-order valence-corrected chi connectivity index (χ2v) is 6.36. The second kappa shape index (κ2) is 10.3. The van der Waals surface area contributed by atoms with E-state index in [0.717, 1.165) is 22.9 Å². The quantitative estimate of drug-likeness (QED) is 0.545. The molecule has 0 aliphatic heterocycles. The molecule has 0 aliphatic rings. The molecule has 114 valence electrons. The Labute approximate surface area is 130 Å². The molecule has 0 saturated carbocycles. The predicted molar refractivity (Wildman–Crippen MR) is 86.4 cm³/mol. The molecule has 1 nitrogen and oxygen atoms in total. The van der Waals surface area contributed by atoms with Gasteiger partial charge in [-0.1, -0.05) is 67.8 Å². The zero-order valence-electron chi connectivity index (χ0n) is 12.4. The Morgan fingerprint density at radius 2 is 1.75 bits per heavy atom. The van der Waals surface area contributed by atoms with E-state index >= 15 is 0 Å². The van der Waals surface area contributed by atoms with E-state index < -0.39 is 0 Å². The van der Waals surface area contributed by atoms with Crippen molar-refractivity contribution >= 4 is 15.9 Å². The number of unbranched alkanes of at least 4 members (excludes halogenated alkanes) is 6. The van der Waals surface area contributed by atoms with Crippen molar-refractivity contribution in [2.24, 2.45) is 0 Å². The molecule has 0 radical (unpaired) electrons. The van der Waals surface area contributed by atoms with E-state index in [9.17, 15) is 9.50 Å². The third kappa shape index (κ3) is 7.39. The number of aliphatic hydroxyl groups is 1. The fourth-order valence-corrected chi connectivity index (χ4v) is 2.80. The molecule has 1 aromatic carbocycles. The molecular weight excluding hydrogens is 319 g/mol. The Morgan fingerprint density at radius 1 is 1.10 bits per heavy atom. The monoisotopic (exact) mass is 344 g/mol. The summed E-state index contributed by atoms with van der Waals surface area (Å²) in [7, 11) is 0. The van der Waals surface area contributed by atoms with E-state index in [-0.39, 0.29) is 11.9 Å². The highest BCUT2D eigenvalue weighted by Gasteiger charge is 2.09. The molecule has 0 heterocycles. The molecule has 1 unspecified atom stereocenters. The summed E-state index contributed by atoms with van der Waals surface area (Å²) in [5, 5.41) is 10.0. The summed E-state index contributed by atoms with van der Waals surface area (Å²) in [4.78, 5) is 0. The van der Waals surface area contributed by atoms with Crippen LogP contribution in [0.3, 0.4) is 0 Å². The number of halogens is 2. The highest BCUT2D eigenvalue weighted by molar-refractivity contribution is 9.10. The van der Waals surface area contributed by atoms with Crippen molar-refractivity contribution in [1.29, 1.82) is 0 Å². The van der Waals surface area contributed by atoms with E-state index in [1.54, 1.807) is 6.07 Å². The maximum Gasteiger partial charge on any atom is 0.123 e. The highest BCUT2D eigenvalue weighted by Crippen LogP contribution is 2.21. The summed E-state index contributed by atoms with van der Waals surface area (Å²) < 4.78 is 14.0. The van der Waals surface area contributed by atoms with Crippen LogP contribution < -0.4 is 0 Å². The fraction of sp³-hybridized carbons (Fsp3) is 0.647. The van der Waals surface area contributed by atoms with Gasteiger partial charge >= 0.3 is 0 Å². The molecule has 0 amide bonds. The SMILES string of the molecule is CCCCCCCCCC(O)Cc1cc(F)ccc1Br. The molecule has 1 atom stereocenters. The van der Waals surface area contributed by atoms with Crippen molar-refractivity contribution in [2.75, 3.05) is 0 Å². The average molecular weight is 345 g/mol. The largest absolute Gasteiger partial charge is 0.393 e. The standard InChI is InChI=1S/C17H26BrFO/c1-2-3-4-5-6-7-8-9-16(20)13-14-12-15(19)10-11-17(14)18/h10-12,16,20H,2-9,13H2,1H3. The molecule has 3 heteroatoms. The predicted octanol–water partition coefficient (Wildman–Crippen LogP) is 5.63. The van der Waals surface area contributed by atoms with Crippen LogP contribution in [0.1, 0.15) is 63.9 Å². The van der Waals surface area contributed by atoms with E-state index in [1.165, 1.54) is 50.7 Å². The van der Waals surface area contributed by atoms with Gasteiger partial charge in [-0.05, 0) is 36.6 Å². The molecule has 1 aromatic rings. The first-order valence-corrected chi connectivity index (χ1v) is 8.54. The molecule has 0 aliphatic carbocycles. The summed E-state index contributed by atoms with van der Waals surface area (Å²) in [6.07, 6.45) is 9.70. The second-order valence-electron chi connectivity index (χ2n) is 5.50. The number of hydrogen-bond donors (Lipinski definition) is 1. The van der Waals surface area contributed by atoms with Gasteiger partial charge in [-0.3, -0.25) is 0 Å². The van der Waals surface area contributed by atoms with E-state index in [2.05, 4.69) is 22.9 Å². The number of aliphatic hydroxyl groups excluding tert-OH is 1. The highest BCUT2D eigenvalue weighted by atomic mass is 79.9. The maximum absolute atomic E-state index is 13.1. The van der Waals surface area contributed by atoms with E-state index in [0.29, 0.717) is 6.42 Å². The Kier molecular flexibility index (Phi) is 9.12. The minimum atomic E-state index is -0.372. The van der Waals surface area contributed by atoms with Gasteiger partial charge in [0.05, 0.1) is 6.10 Å². The van der Waals surface area contributed by atoms with Gasteiger partial charge in [0.15, 0.2) is 0 Å². The summed E-state index contributed by atoms with van der Waals surface area (Å²) in [5.74, 6) is -0.244. The van der Waals surface area contributed by atoms with Crippen LogP contribution in [-0.2, 0) is 6.42 Å². The summed E-state index contributed by atoms with van der Waals surface area (Å²) >= 11 is 3.40. The first-order valence-electron chi connectivity index (χ1n) is 7.75. The Hall–Kier alpha value is -0.410. The molecule has 0 spiro atoms. The number of benzene rings is 1. The van der Waals surface area contributed by atoms with Crippen LogP contribution in [0, 0.1) is 5.82 Å². The van der Waals surface area contributed by atoms with Gasteiger partial charge < -0.3 is 5.11 Å². The van der Waals surface area contributed by atoms with Crippen LogP contribution in [0.4, 0.5) is 4.39 Å². The zero-order chi connectivity index (χ0) is 14.8. The van der Waals surface area contributed by atoms with Crippen molar-refractivity contribution in [3.8, 4) is 0 Å². The van der Waals surface area contributed by atoms with E-state index in [1.807, 2.05) is 0 Å². The third-order valence-corrected chi connectivity index (χ3v) is 4.38. The topological polar surface area (TPSA) is 20.2 Å². The van der Waals surface area contributed by atoms with Crippen LogP contribution in [0.15, 0.2) is 22.7 Å². The van der Waals surface area contributed by atoms with Gasteiger partial charge in [-0.25, -0.2) is 4.39 Å². The summed E-state index contributed by atoms with van der Waals surface area (Å²) in [6, 6.07) is 4.62. The number of rotatable bonds is 10. The van der Waals surface area contributed by atoms with Crippen molar-refractivity contribution in [2.45, 2.75) is 70.8 Å². The molecule has 1 rings (SSSR count). The van der Waals surface area contributed by atoms with Crippen molar-refractivity contribution in [1.82, 2.24) is 0 Å². The molecule has 0 saturated heterocycles. The van der Waals surface area contributed by atoms with Gasteiger partial charge in [0.1, 0.15) is 5.82 Å². The molecule has 1 N–H and O–H groups in total. The van der Waals surface area contributed by atoms with Gasteiger partial charge in [0, 0.05) is 4.47 Å². The minimum Gasteiger partial charge on any atom is -0.393 e. The lowest BCUT2D eigenvalue weighted by atomic mass is 10.0. The lowest BCUT2D eigenvalue weighted by Crippen LogP contribution is -2.10. The zero-order valence-corrected chi connectivity index (χ0v) is 14.0. The average Bonchev–Trinajstić information content (AvgIpc) is 2.42. The van der Waals surface area contributed by atoms with Crippen LogP contribution >= 0.6 is 15.9 Å². The number of hydrogen-bond acceptors (Lipinski definition) is 1. The first kappa shape index (κ1) is 17.6. The van der Waals surface area contributed by atoms with Crippen molar-refractivity contribution in [3.63, 3.8) is 0 Å². The van der Waals surface area contributed by atoms with Crippen LogP contribution in [0.5, 0.6) is 0 Å². The Bertz CT molecular complexity index is 381. The molecule has 0 bridgehead atoms. The molecule has 0 fully saturated rings. The van der Waals surface area contributed by atoms with Crippen LogP contribution in [-0.4, -0.2) is 11.2 Å². The minimum absolute atomic E-state index is 0.244. The Morgan fingerprint density at radius 3 is 2.45 bits per heavy atom. The van der Waals surface area contributed by atoms with Crippen LogP contribution in [0.2, 0.25) is 0 Å². The van der Waals surface area contributed by atoms with Crippen molar-refractivity contribution < 1.29 is 9.50 Å². The molecule has 20 heavy (non-hydrogen) atoms. The van der Waals surface area contributed by atoms with Gasteiger partial charge in [0.25, 0.3) is 0 Å². The van der Waals surface area contributed by atoms with Gasteiger partial charge in [-0.15, -0.1) is 0 Å². The third-order valence-electron chi connectivity index (χ3n) is 3.60. The molecular formula is C17H26BrFO. The summed E-state index contributed by atoms with van der Waals surface area (Å²) in [5.41, 5.74) is 0.848. The lowest BCUT2D eigenvalue weighted by molar-refractivity contribution is 0.160. The lowest BCUT2D eigenvalue weighted by Gasteiger charge is -2.12. The normalized spacial score (nSPS) is 12.6. The van der Waals surface area contributed by atoms with Gasteiger partial charge in [-0.2, -0.15) is 0 Å². The van der Waals surface area contributed by atoms with E-state index in [4.69, 9.17) is 0 Å². The molecule has 0 aromatic heterocycles. The van der Waals surface area contributed by atoms with Gasteiger partial charge in [0.2, 0.25) is 0 Å². The first-order chi connectivity index (χ1) is 9.63. The van der Waals surface area contributed by atoms with Crippen LogP contribution in [0.25, 0.3) is 0 Å². The maximum atomic E-state index is 13.1.